The molecule has 0 saturated carbocycles. The third-order valence-corrected chi connectivity index (χ3v) is 3.07. The second kappa shape index (κ2) is 6.77. The van der Waals surface area contributed by atoms with Crippen LogP contribution in [-0.4, -0.2) is 65.0 Å². The van der Waals surface area contributed by atoms with E-state index in [1.165, 1.54) is 0 Å². The summed E-state index contributed by atoms with van der Waals surface area (Å²) in [5.74, 6) is -3.44. The quantitative estimate of drug-likeness (QED) is 0.784. The van der Waals surface area contributed by atoms with Gasteiger partial charge in [0.05, 0.1) is 5.92 Å². The fourth-order valence-corrected chi connectivity index (χ4v) is 2.27. The zero-order valence-electron chi connectivity index (χ0n) is 11.5. The summed E-state index contributed by atoms with van der Waals surface area (Å²) in [5.41, 5.74) is 0. The Morgan fingerprint density at radius 2 is 2.05 bits per heavy atom. The second-order valence-corrected chi connectivity index (χ2v) is 4.94. The van der Waals surface area contributed by atoms with Gasteiger partial charge >= 0.3 is 12.1 Å². The van der Waals surface area contributed by atoms with Crippen molar-refractivity contribution in [3.8, 4) is 0 Å². The fourth-order valence-electron chi connectivity index (χ4n) is 2.27. The number of carboxylic acid groups (broad SMARTS) is 1. The molecule has 1 unspecified atom stereocenters. The van der Waals surface area contributed by atoms with Gasteiger partial charge < -0.3 is 14.9 Å². The van der Waals surface area contributed by atoms with Crippen molar-refractivity contribution in [3.05, 3.63) is 0 Å². The standard InChI is InChI=1S/C12H17F3N2O4/c1-2-3-16(6-10(19)20)11(21)8-4-9(18)17(5-8)7-12(13,14)15/h8H,2-7H2,1H3,(H,19,20). The Hall–Kier alpha value is -1.80. The lowest BCUT2D eigenvalue weighted by Crippen LogP contribution is -2.41. The lowest BCUT2D eigenvalue weighted by atomic mass is 10.1. The average molecular weight is 310 g/mol. The number of carbonyl (C=O) groups is 3. The largest absolute Gasteiger partial charge is 0.480 e. The molecule has 0 aromatic carbocycles. The van der Waals surface area contributed by atoms with Gasteiger partial charge in [0.2, 0.25) is 11.8 Å². The van der Waals surface area contributed by atoms with Crippen LogP contribution in [0.4, 0.5) is 13.2 Å². The molecule has 0 aromatic heterocycles. The minimum absolute atomic E-state index is 0.190. The third kappa shape index (κ3) is 5.24. The molecule has 1 rings (SSSR count). The van der Waals surface area contributed by atoms with Gasteiger partial charge in [-0.25, -0.2) is 0 Å². The molecule has 1 N–H and O–H groups in total. The zero-order chi connectivity index (χ0) is 16.2. The number of hydrogen-bond donors (Lipinski definition) is 1. The van der Waals surface area contributed by atoms with E-state index in [1.807, 2.05) is 0 Å². The lowest BCUT2D eigenvalue weighted by Gasteiger charge is -2.23. The van der Waals surface area contributed by atoms with Gasteiger partial charge in [-0.15, -0.1) is 0 Å². The number of rotatable bonds is 6. The van der Waals surface area contributed by atoms with Crippen molar-refractivity contribution in [1.29, 1.82) is 0 Å². The van der Waals surface area contributed by atoms with Crippen LogP contribution in [0.2, 0.25) is 0 Å². The average Bonchev–Trinajstić information content (AvgIpc) is 2.66. The van der Waals surface area contributed by atoms with Crippen LogP contribution in [0.15, 0.2) is 0 Å². The number of alkyl halides is 3. The van der Waals surface area contributed by atoms with Gasteiger partial charge in [-0.05, 0) is 6.42 Å². The lowest BCUT2D eigenvalue weighted by molar-refractivity contribution is -0.157. The molecule has 9 heteroatoms. The maximum Gasteiger partial charge on any atom is 0.406 e. The highest BCUT2D eigenvalue weighted by Gasteiger charge is 2.41. The van der Waals surface area contributed by atoms with Gasteiger partial charge in [0.25, 0.3) is 0 Å². The molecule has 0 bridgehead atoms. The molecular weight excluding hydrogens is 293 g/mol. The van der Waals surface area contributed by atoms with Crippen molar-refractivity contribution in [1.82, 2.24) is 9.80 Å². The van der Waals surface area contributed by atoms with Crippen LogP contribution in [0.25, 0.3) is 0 Å². The Kier molecular flexibility index (Phi) is 5.56. The smallest absolute Gasteiger partial charge is 0.406 e. The molecule has 0 spiro atoms. The normalized spacial score (nSPS) is 19.0. The van der Waals surface area contributed by atoms with Gasteiger partial charge in [-0.3, -0.25) is 14.4 Å². The first-order chi connectivity index (χ1) is 9.64. The summed E-state index contributed by atoms with van der Waals surface area (Å²) in [6, 6.07) is 0. The molecule has 6 nitrogen and oxygen atoms in total. The molecule has 1 aliphatic rings. The number of amides is 2. The number of carbonyl (C=O) groups excluding carboxylic acids is 2. The molecular formula is C12H17F3N2O4. The maximum absolute atomic E-state index is 12.3. The first-order valence-electron chi connectivity index (χ1n) is 6.49. The molecule has 0 aromatic rings. The Bertz CT molecular complexity index is 425. The minimum Gasteiger partial charge on any atom is -0.480 e. The van der Waals surface area contributed by atoms with Crippen LogP contribution in [0.1, 0.15) is 19.8 Å². The first kappa shape index (κ1) is 17.3. The van der Waals surface area contributed by atoms with Gasteiger partial charge in [0.1, 0.15) is 13.1 Å². The molecule has 0 aliphatic carbocycles. The third-order valence-electron chi connectivity index (χ3n) is 3.07. The van der Waals surface area contributed by atoms with Crippen molar-refractivity contribution in [2.24, 2.45) is 5.92 Å². The Morgan fingerprint density at radius 3 is 2.52 bits per heavy atom. The summed E-state index contributed by atoms with van der Waals surface area (Å²) in [4.78, 5) is 36.0. The number of likely N-dealkylation sites (tertiary alicyclic amines) is 1. The molecule has 1 saturated heterocycles. The zero-order valence-corrected chi connectivity index (χ0v) is 11.5. The number of halogens is 3. The summed E-state index contributed by atoms with van der Waals surface area (Å²) in [7, 11) is 0. The van der Waals surface area contributed by atoms with Crippen molar-refractivity contribution in [2.75, 3.05) is 26.2 Å². The molecule has 1 fully saturated rings. The fraction of sp³-hybridized carbons (Fsp3) is 0.750. The number of aliphatic carboxylic acids is 1. The second-order valence-electron chi connectivity index (χ2n) is 4.94. The SMILES string of the molecule is CCCN(CC(=O)O)C(=O)C1CC(=O)N(CC(F)(F)F)C1. The number of nitrogens with zero attached hydrogens (tertiary/aromatic N) is 2. The van der Waals surface area contributed by atoms with Crippen LogP contribution in [-0.2, 0) is 14.4 Å². The topological polar surface area (TPSA) is 77.9 Å². The monoisotopic (exact) mass is 310 g/mol. The highest BCUT2D eigenvalue weighted by Crippen LogP contribution is 2.25. The molecule has 0 radical (unpaired) electrons. The van der Waals surface area contributed by atoms with E-state index in [2.05, 4.69) is 0 Å². The molecule has 120 valence electrons. The van der Waals surface area contributed by atoms with E-state index >= 15 is 0 Å². The van der Waals surface area contributed by atoms with E-state index in [-0.39, 0.29) is 19.5 Å². The van der Waals surface area contributed by atoms with Crippen LogP contribution in [0, 0.1) is 5.92 Å². The van der Waals surface area contributed by atoms with Crippen LogP contribution in [0.3, 0.4) is 0 Å². The Morgan fingerprint density at radius 1 is 1.43 bits per heavy atom. The van der Waals surface area contributed by atoms with Crippen molar-refractivity contribution < 1.29 is 32.7 Å². The van der Waals surface area contributed by atoms with Gasteiger partial charge in [-0.1, -0.05) is 6.92 Å². The van der Waals surface area contributed by atoms with E-state index in [4.69, 9.17) is 5.11 Å². The summed E-state index contributed by atoms with van der Waals surface area (Å²) in [6.45, 7) is -0.289. The van der Waals surface area contributed by atoms with Crippen LogP contribution in [0.5, 0.6) is 0 Å². The number of carboxylic acids is 1. The van der Waals surface area contributed by atoms with Gasteiger partial charge in [0.15, 0.2) is 0 Å². The van der Waals surface area contributed by atoms with Crippen molar-refractivity contribution >= 4 is 17.8 Å². The molecule has 1 heterocycles. The molecule has 21 heavy (non-hydrogen) atoms. The minimum atomic E-state index is -4.52. The molecule has 1 aliphatic heterocycles. The predicted octanol–water partition coefficient (Wildman–Crippen LogP) is 0.720. The summed E-state index contributed by atoms with van der Waals surface area (Å²) in [5, 5.41) is 8.74. The van der Waals surface area contributed by atoms with Gasteiger partial charge in [0, 0.05) is 19.5 Å². The van der Waals surface area contributed by atoms with E-state index < -0.39 is 43.0 Å². The van der Waals surface area contributed by atoms with E-state index in [9.17, 15) is 27.6 Å². The van der Waals surface area contributed by atoms with Crippen molar-refractivity contribution in [2.45, 2.75) is 25.9 Å². The predicted molar refractivity (Wildman–Crippen MR) is 65.2 cm³/mol. The van der Waals surface area contributed by atoms with E-state index in [0.29, 0.717) is 11.3 Å². The highest BCUT2D eigenvalue weighted by atomic mass is 19.4. The summed E-state index contributed by atoms with van der Waals surface area (Å²) < 4.78 is 36.9. The Labute approximate surface area is 119 Å². The summed E-state index contributed by atoms with van der Waals surface area (Å²) >= 11 is 0. The number of hydrogen-bond acceptors (Lipinski definition) is 3. The van der Waals surface area contributed by atoms with E-state index in [0.717, 1.165) is 4.90 Å². The van der Waals surface area contributed by atoms with Crippen LogP contribution < -0.4 is 0 Å². The van der Waals surface area contributed by atoms with Crippen molar-refractivity contribution in [3.63, 3.8) is 0 Å². The van der Waals surface area contributed by atoms with Gasteiger partial charge in [-0.2, -0.15) is 13.2 Å². The highest BCUT2D eigenvalue weighted by molar-refractivity contribution is 5.90. The van der Waals surface area contributed by atoms with E-state index in [1.54, 1.807) is 6.92 Å². The first-order valence-corrected chi connectivity index (χ1v) is 6.49. The maximum atomic E-state index is 12.3. The van der Waals surface area contributed by atoms with Crippen LogP contribution >= 0.6 is 0 Å². The molecule has 2 amide bonds. The molecule has 1 atom stereocenters. The Balaban J connectivity index is 2.70. The summed E-state index contributed by atoms with van der Waals surface area (Å²) in [6.07, 6.45) is -4.31.